The number of amides is 2. The SMILES string of the molecule is Cc1ccc(C2CC(c3ccccc3F)=NN2C(=O)CN(CCN2CCOCC2)C(=O)c2ccc(C(F)(F)F)cc2)cc1. The highest BCUT2D eigenvalue weighted by atomic mass is 19.4. The average molecular weight is 597 g/mol. The molecule has 1 fully saturated rings. The minimum Gasteiger partial charge on any atom is -0.379 e. The van der Waals surface area contributed by atoms with E-state index in [-0.39, 0.29) is 25.1 Å². The summed E-state index contributed by atoms with van der Waals surface area (Å²) in [7, 11) is 0. The molecule has 1 saturated heterocycles. The minimum absolute atomic E-state index is 0.0369. The van der Waals surface area contributed by atoms with Crippen LogP contribution in [0.5, 0.6) is 0 Å². The zero-order chi connectivity index (χ0) is 30.6. The third-order valence-corrected chi connectivity index (χ3v) is 7.68. The van der Waals surface area contributed by atoms with Gasteiger partial charge < -0.3 is 9.64 Å². The van der Waals surface area contributed by atoms with Crippen molar-refractivity contribution in [3.05, 3.63) is 106 Å². The summed E-state index contributed by atoms with van der Waals surface area (Å²) >= 11 is 0. The number of hydrogen-bond acceptors (Lipinski definition) is 5. The molecule has 43 heavy (non-hydrogen) atoms. The molecule has 0 saturated carbocycles. The van der Waals surface area contributed by atoms with Gasteiger partial charge in [-0.2, -0.15) is 18.3 Å². The highest BCUT2D eigenvalue weighted by Crippen LogP contribution is 2.34. The first-order valence-corrected chi connectivity index (χ1v) is 14.1. The first kappa shape index (κ1) is 30.4. The maximum absolute atomic E-state index is 14.7. The monoisotopic (exact) mass is 596 g/mol. The van der Waals surface area contributed by atoms with Gasteiger partial charge in [0.15, 0.2) is 0 Å². The number of alkyl halides is 3. The lowest BCUT2D eigenvalue weighted by Crippen LogP contribution is -2.46. The molecule has 226 valence electrons. The number of benzene rings is 3. The second-order valence-electron chi connectivity index (χ2n) is 10.7. The van der Waals surface area contributed by atoms with Crippen molar-refractivity contribution in [2.24, 2.45) is 5.10 Å². The lowest BCUT2D eigenvalue weighted by atomic mass is 9.97. The molecule has 3 aromatic rings. The van der Waals surface area contributed by atoms with E-state index in [1.165, 1.54) is 16.0 Å². The molecule has 0 aliphatic carbocycles. The first-order valence-electron chi connectivity index (χ1n) is 14.1. The van der Waals surface area contributed by atoms with Gasteiger partial charge in [0.25, 0.3) is 11.8 Å². The van der Waals surface area contributed by atoms with Gasteiger partial charge in [-0.25, -0.2) is 9.40 Å². The number of carbonyl (C=O) groups excluding carboxylic acids is 2. The van der Waals surface area contributed by atoms with Crippen LogP contribution in [0.1, 0.15) is 45.1 Å². The van der Waals surface area contributed by atoms with Gasteiger partial charge in [0.2, 0.25) is 0 Å². The number of hydrazone groups is 1. The van der Waals surface area contributed by atoms with Crippen LogP contribution in [0.25, 0.3) is 0 Å². The van der Waals surface area contributed by atoms with E-state index >= 15 is 0 Å². The van der Waals surface area contributed by atoms with Gasteiger partial charge in [0.05, 0.1) is 30.5 Å². The molecular weight excluding hydrogens is 564 g/mol. The van der Waals surface area contributed by atoms with E-state index in [1.54, 1.807) is 18.2 Å². The van der Waals surface area contributed by atoms with Crippen molar-refractivity contribution in [2.75, 3.05) is 45.9 Å². The molecule has 0 bridgehead atoms. The number of aryl methyl sites for hydroxylation is 1. The summed E-state index contributed by atoms with van der Waals surface area (Å²) in [6.45, 7) is 4.62. The fourth-order valence-electron chi connectivity index (χ4n) is 5.21. The maximum atomic E-state index is 14.7. The van der Waals surface area contributed by atoms with E-state index in [4.69, 9.17) is 4.74 Å². The number of nitrogens with zero attached hydrogens (tertiary/aromatic N) is 4. The van der Waals surface area contributed by atoms with E-state index in [0.717, 1.165) is 35.4 Å². The summed E-state index contributed by atoms with van der Waals surface area (Å²) in [4.78, 5) is 30.9. The molecule has 5 rings (SSSR count). The first-order chi connectivity index (χ1) is 20.6. The molecule has 1 atom stereocenters. The molecule has 1 unspecified atom stereocenters. The fourth-order valence-corrected chi connectivity index (χ4v) is 5.21. The number of hydrogen-bond donors (Lipinski definition) is 0. The van der Waals surface area contributed by atoms with E-state index < -0.39 is 35.4 Å². The van der Waals surface area contributed by atoms with Gasteiger partial charge in [-0.15, -0.1) is 0 Å². The Morgan fingerprint density at radius 1 is 0.977 bits per heavy atom. The summed E-state index contributed by atoms with van der Waals surface area (Å²) in [6, 6.07) is 17.3. The second kappa shape index (κ2) is 13.0. The molecule has 0 aromatic heterocycles. The van der Waals surface area contributed by atoms with Gasteiger partial charge >= 0.3 is 6.18 Å². The number of ether oxygens (including phenoxy) is 1. The Labute approximate surface area is 247 Å². The molecular formula is C32H32F4N4O3. The topological polar surface area (TPSA) is 65.5 Å². The highest BCUT2D eigenvalue weighted by Gasteiger charge is 2.36. The molecule has 2 aliphatic rings. The lowest BCUT2D eigenvalue weighted by molar-refractivity contribution is -0.137. The Morgan fingerprint density at radius 3 is 2.30 bits per heavy atom. The Bertz CT molecular complexity index is 1470. The van der Waals surface area contributed by atoms with Gasteiger partial charge in [-0.05, 0) is 42.8 Å². The quantitative estimate of drug-likeness (QED) is 0.331. The predicted octanol–water partition coefficient (Wildman–Crippen LogP) is 5.31. The lowest BCUT2D eigenvalue weighted by Gasteiger charge is -2.31. The van der Waals surface area contributed by atoms with Crippen molar-refractivity contribution >= 4 is 17.5 Å². The van der Waals surface area contributed by atoms with Crippen molar-refractivity contribution in [3.8, 4) is 0 Å². The average Bonchev–Trinajstić information content (AvgIpc) is 3.45. The Morgan fingerprint density at radius 2 is 1.65 bits per heavy atom. The standard InChI is InChI=1S/C32H32F4N4O3/c1-22-6-8-23(9-7-22)29-20-28(26-4-2-3-5-27(26)33)37-40(29)30(41)21-39(15-14-38-16-18-43-19-17-38)31(42)24-10-12-25(13-11-24)32(34,35)36/h2-13,29H,14-21H2,1H3. The van der Waals surface area contributed by atoms with Crippen molar-refractivity contribution in [2.45, 2.75) is 25.6 Å². The smallest absolute Gasteiger partial charge is 0.379 e. The molecule has 11 heteroatoms. The van der Waals surface area contributed by atoms with Crippen LogP contribution in [0.15, 0.2) is 77.9 Å². The van der Waals surface area contributed by atoms with Gasteiger partial charge in [0.1, 0.15) is 12.4 Å². The summed E-state index contributed by atoms with van der Waals surface area (Å²) in [5.41, 5.74) is 1.71. The second-order valence-corrected chi connectivity index (χ2v) is 10.7. The summed E-state index contributed by atoms with van der Waals surface area (Å²) in [5, 5.41) is 5.84. The highest BCUT2D eigenvalue weighted by molar-refractivity contribution is 6.04. The molecule has 2 aliphatic heterocycles. The molecule has 0 N–H and O–H groups in total. The molecule has 2 heterocycles. The van der Waals surface area contributed by atoms with Crippen LogP contribution in [0, 0.1) is 12.7 Å². The van der Waals surface area contributed by atoms with Crippen LogP contribution in [-0.2, 0) is 15.7 Å². The summed E-state index contributed by atoms with van der Waals surface area (Å²) in [5.74, 6) is -1.51. The number of halogens is 4. The zero-order valence-corrected chi connectivity index (χ0v) is 23.7. The van der Waals surface area contributed by atoms with Crippen LogP contribution >= 0.6 is 0 Å². The number of carbonyl (C=O) groups is 2. The van der Waals surface area contributed by atoms with Gasteiger partial charge in [-0.1, -0.05) is 48.0 Å². The third-order valence-electron chi connectivity index (χ3n) is 7.68. The minimum atomic E-state index is -4.54. The van der Waals surface area contributed by atoms with E-state index in [0.29, 0.717) is 44.1 Å². The van der Waals surface area contributed by atoms with Crippen LogP contribution < -0.4 is 0 Å². The fraction of sp³-hybridized carbons (Fsp3) is 0.344. The van der Waals surface area contributed by atoms with E-state index in [1.807, 2.05) is 31.2 Å². The third kappa shape index (κ3) is 7.29. The summed E-state index contributed by atoms with van der Waals surface area (Å²) < 4.78 is 59.5. The Kier molecular flexibility index (Phi) is 9.22. The molecule has 3 aromatic carbocycles. The normalized spacial score (nSPS) is 17.6. The zero-order valence-electron chi connectivity index (χ0n) is 23.7. The van der Waals surface area contributed by atoms with E-state index in [2.05, 4.69) is 10.0 Å². The van der Waals surface area contributed by atoms with Crippen LogP contribution in [0.4, 0.5) is 17.6 Å². The van der Waals surface area contributed by atoms with Crippen molar-refractivity contribution in [3.63, 3.8) is 0 Å². The van der Waals surface area contributed by atoms with Crippen molar-refractivity contribution in [1.29, 1.82) is 0 Å². The maximum Gasteiger partial charge on any atom is 0.416 e. The number of rotatable bonds is 8. The Balaban J connectivity index is 1.42. The van der Waals surface area contributed by atoms with Crippen LogP contribution in [0.2, 0.25) is 0 Å². The molecule has 2 amide bonds. The van der Waals surface area contributed by atoms with Crippen molar-refractivity contribution < 1.29 is 31.9 Å². The predicted molar refractivity (Wildman–Crippen MR) is 153 cm³/mol. The van der Waals surface area contributed by atoms with Gasteiger partial charge in [0, 0.05) is 43.7 Å². The van der Waals surface area contributed by atoms with E-state index in [9.17, 15) is 27.2 Å². The summed E-state index contributed by atoms with van der Waals surface area (Å²) in [6.07, 6.45) is -4.27. The molecule has 0 spiro atoms. The van der Waals surface area contributed by atoms with Crippen molar-refractivity contribution in [1.82, 2.24) is 14.8 Å². The Hall–Kier alpha value is -4.09. The molecule has 0 radical (unpaired) electrons. The molecule has 7 nitrogen and oxygen atoms in total. The van der Waals surface area contributed by atoms with Crippen LogP contribution in [0.3, 0.4) is 0 Å². The van der Waals surface area contributed by atoms with Crippen LogP contribution in [-0.4, -0.2) is 78.3 Å². The van der Waals surface area contributed by atoms with Gasteiger partial charge in [-0.3, -0.25) is 14.5 Å². The number of morpholine rings is 1. The largest absolute Gasteiger partial charge is 0.416 e.